The average Bonchev–Trinajstić information content (AvgIpc) is 3.33. The number of carbonyl (C=O) groups is 1. The van der Waals surface area contributed by atoms with Crippen LogP contribution in [-0.2, 0) is 35.4 Å². The van der Waals surface area contributed by atoms with E-state index in [4.69, 9.17) is 0 Å². The molecule has 0 saturated carbocycles. The van der Waals surface area contributed by atoms with E-state index >= 15 is 0 Å². The van der Waals surface area contributed by atoms with Gasteiger partial charge in [-0.2, -0.15) is 26.3 Å². The van der Waals surface area contributed by atoms with E-state index in [1.165, 1.54) is 0 Å². The van der Waals surface area contributed by atoms with Crippen molar-refractivity contribution in [3.05, 3.63) is 51.5 Å². The lowest BCUT2D eigenvalue weighted by molar-refractivity contribution is -0.140. The molecule has 2 aliphatic heterocycles. The van der Waals surface area contributed by atoms with Crippen LogP contribution in [0.4, 0.5) is 38.0 Å². The van der Waals surface area contributed by atoms with Gasteiger partial charge in [0.15, 0.2) is 9.84 Å². The van der Waals surface area contributed by atoms with Gasteiger partial charge < -0.3 is 15.5 Å². The topological polar surface area (TPSA) is 104 Å². The Morgan fingerprint density at radius 2 is 1.88 bits per heavy atom. The van der Waals surface area contributed by atoms with Gasteiger partial charge in [0.2, 0.25) is 5.95 Å². The molecule has 1 amide bonds. The van der Waals surface area contributed by atoms with Gasteiger partial charge >= 0.3 is 12.4 Å². The molecule has 0 fully saturated rings. The third-order valence-electron chi connectivity index (χ3n) is 6.78. The Morgan fingerprint density at radius 3 is 2.56 bits per heavy atom. The van der Waals surface area contributed by atoms with Gasteiger partial charge in [-0.1, -0.05) is 13.0 Å². The van der Waals surface area contributed by atoms with Gasteiger partial charge in [-0.3, -0.25) is 4.79 Å². The molecule has 2 N–H and O–H groups in total. The van der Waals surface area contributed by atoms with Gasteiger partial charge in [-0.15, -0.1) is 11.3 Å². The molecule has 0 aliphatic carbocycles. The van der Waals surface area contributed by atoms with Crippen molar-refractivity contribution in [1.29, 1.82) is 0 Å². The number of amides is 1. The summed E-state index contributed by atoms with van der Waals surface area (Å²) in [5, 5.41) is 6.21. The molecular weight excluding hydrogens is 596 g/mol. The van der Waals surface area contributed by atoms with E-state index in [1.54, 1.807) is 0 Å². The number of sulfone groups is 1. The number of carbonyl (C=O) groups excluding carboxylic acids is 1. The minimum Gasteiger partial charge on any atom is -0.328 e. The number of thiophene rings is 1. The number of rotatable bonds is 5. The molecule has 16 heteroatoms. The van der Waals surface area contributed by atoms with Crippen molar-refractivity contribution < 1.29 is 39.6 Å². The Balaban J connectivity index is 1.59. The molecular formula is C25H23F6N5O3S2. The van der Waals surface area contributed by atoms with Crippen molar-refractivity contribution in [3.63, 3.8) is 0 Å². The maximum absolute atomic E-state index is 14.0. The monoisotopic (exact) mass is 619 g/mol. The smallest absolute Gasteiger partial charge is 0.328 e. The highest BCUT2D eigenvalue weighted by Crippen LogP contribution is 2.42. The zero-order valence-electron chi connectivity index (χ0n) is 21.4. The van der Waals surface area contributed by atoms with Gasteiger partial charge in [0.1, 0.15) is 17.0 Å². The predicted molar refractivity (Wildman–Crippen MR) is 139 cm³/mol. The first-order valence-corrected chi connectivity index (χ1v) is 14.9. The second kappa shape index (κ2) is 10.5. The molecule has 0 radical (unpaired) electrons. The third kappa shape index (κ3) is 6.04. The fraction of sp³-hybridized carbons (Fsp3) is 0.400. The number of anilines is 2. The minimum atomic E-state index is -4.95. The van der Waals surface area contributed by atoms with E-state index in [-0.39, 0.29) is 10.8 Å². The highest BCUT2D eigenvalue weighted by molar-refractivity contribution is 7.91. The number of hydrogen-bond donors (Lipinski definition) is 2. The summed E-state index contributed by atoms with van der Waals surface area (Å²) >= 11 is 0.349. The molecule has 2 aromatic heterocycles. The van der Waals surface area contributed by atoms with Crippen LogP contribution >= 0.6 is 11.3 Å². The standard InChI is InChI=1S/C25H23F6N5O3S2/c1-2-13-7-14-3-4-32-10-15(14)8-17(13)34-23-33-11-16(25(29,30)31)20(35-23)18-9-19-21(40-18)22(37)36(12-24(26,27)28)5-6-41(19,38)39/h7-9,11,32H,2-6,10,12H2,1H3,(H,33,34,35). The van der Waals surface area contributed by atoms with Crippen LogP contribution in [0.2, 0.25) is 0 Å². The molecule has 0 spiro atoms. The molecule has 4 heterocycles. The number of aryl methyl sites for hydroxylation is 1. The number of alkyl halides is 6. The number of benzene rings is 1. The van der Waals surface area contributed by atoms with Crippen LogP contribution in [0.25, 0.3) is 10.6 Å². The van der Waals surface area contributed by atoms with E-state index < -0.39 is 68.0 Å². The Morgan fingerprint density at radius 1 is 1.12 bits per heavy atom. The number of hydrogen-bond acceptors (Lipinski definition) is 8. The quantitative estimate of drug-likeness (QED) is 0.389. The van der Waals surface area contributed by atoms with Crippen LogP contribution in [0.5, 0.6) is 0 Å². The first-order valence-electron chi connectivity index (χ1n) is 12.5. The molecule has 2 aliphatic rings. The molecule has 0 unspecified atom stereocenters. The summed E-state index contributed by atoms with van der Waals surface area (Å²) in [7, 11) is -4.28. The van der Waals surface area contributed by atoms with Crippen LogP contribution in [0.1, 0.15) is 38.8 Å². The van der Waals surface area contributed by atoms with E-state index in [0.717, 1.165) is 35.7 Å². The van der Waals surface area contributed by atoms with Crippen molar-refractivity contribution >= 4 is 38.7 Å². The van der Waals surface area contributed by atoms with Gasteiger partial charge in [-0.05, 0) is 48.2 Å². The van der Waals surface area contributed by atoms with Crippen LogP contribution in [0.15, 0.2) is 29.3 Å². The van der Waals surface area contributed by atoms with Crippen molar-refractivity contribution in [2.24, 2.45) is 0 Å². The molecule has 41 heavy (non-hydrogen) atoms. The van der Waals surface area contributed by atoms with Gasteiger partial charge in [-0.25, -0.2) is 18.4 Å². The van der Waals surface area contributed by atoms with Crippen molar-refractivity contribution in [1.82, 2.24) is 20.2 Å². The minimum absolute atomic E-state index is 0.206. The lowest BCUT2D eigenvalue weighted by atomic mass is 9.96. The molecule has 3 aromatic rings. The van der Waals surface area contributed by atoms with E-state index in [0.29, 0.717) is 41.1 Å². The molecule has 0 saturated heterocycles. The maximum atomic E-state index is 14.0. The van der Waals surface area contributed by atoms with Crippen LogP contribution in [-0.4, -0.2) is 60.8 Å². The fourth-order valence-corrected chi connectivity index (χ4v) is 7.73. The Hall–Kier alpha value is -3.24. The highest BCUT2D eigenvalue weighted by Gasteiger charge is 2.41. The number of fused-ring (bicyclic) bond motifs is 2. The molecule has 5 rings (SSSR count). The van der Waals surface area contributed by atoms with Crippen LogP contribution in [0, 0.1) is 0 Å². The fourth-order valence-electron chi connectivity index (χ4n) is 4.77. The summed E-state index contributed by atoms with van der Waals surface area (Å²) < 4.78 is 107. The Kier molecular flexibility index (Phi) is 7.53. The van der Waals surface area contributed by atoms with E-state index in [9.17, 15) is 39.6 Å². The van der Waals surface area contributed by atoms with Crippen molar-refractivity contribution in [2.75, 3.05) is 30.7 Å². The van der Waals surface area contributed by atoms with Crippen LogP contribution in [0.3, 0.4) is 0 Å². The first-order chi connectivity index (χ1) is 19.2. The Bertz CT molecular complexity index is 1620. The number of aromatic nitrogens is 2. The largest absolute Gasteiger partial charge is 0.420 e. The molecule has 0 atom stereocenters. The third-order valence-corrected chi connectivity index (χ3v) is 9.75. The second-order valence-electron chi connectivity index (χ2n) is 9.60. The summed E-state index contributed by atoms with van der Waals surface area (Å²) in [6.45, 7) is 0.959. The summed E-state index contributed by atoms with van der Waals surface area (Å²) in [5.41, 5.74) is 1.66. The number of halogens is 6. The average molecular weight is 620 g/mol. The normalized spacial score (nSPS) is 17.1. The van der Waals surface area contributed by atoms with Crippen molar-refractivity contribution in [3.8, 4) is 10.6 Å². The number of nitrogens with one attached hydrogen (secondary N) is 2. The first kappa shape index (κ1) is 29.3. The maximum Gasteiger partial charge on any atom is 0.420 e. The van der Waals surface area contributed by atoms with Crippen LogP contribution < -0.4 is 10.6 Å². The predicted octanol–water partition coefficient (Wildman–Crippen LogP) is 4.97. The zero-order chi connectivity index (χ0) is 29.7. The summed E-state index contributed by atoms with van der Waals surface area (Å²) in [4.78, 5) is 19.6. The summed E-state index contributed by atoms with van der Waals surface area (Å²) in [5.74, 6) is -2.25. The van der Waals surface area contributed by atoms with Gasteiger partial charge in [0.25, 0.3) is 5.91 Å². The Labute approximate surface area is 234 Å². The number of nitrogens with zero attached hydrogens (tertiary/aromatic N) is 3. The molecule has 220 valence electrons. The molecule has 1 aromatic carbocycles. The lowest BCUT2D eigenvalue weighted by Crippen LogP contribution is -2.39. The van der Waals surface area contributed by atoms with Gasteiger partial charge in [0.05, 0.1) is 21.2 Å². The SMILES string of the molecule is CCc1cc2c(cc1Nc1ncc(C(F)(F)F)c(-c3cc4c(s3)C(=O)N(CC(F)(F)F)CCS4(=O)=O)n1)CNCC2. The second-order valence-corrected chi connectivity index (χ2v) is 12.7. The zero-order valence-corrected chi connectivity index (χ0v) is 23.0. The lowest BCUT2D eigenvalue weighted by Gasteiger charge is -2.21. The van der Waals surface area contributed by atoms with Gasteiger partial charge in [0, 0.05) is 25.0 Å². The molecule has 8 nitrogen and oxygen atoms in total. The highest BCUT2D eigenvalue weighted by atomic mass is 32.2. The summed E-state index contributed by atoms with van der Waals surface area (Å²) in [6.07, 6.45) is -7.76. The van der Waals surface area contributed by atoms with E-state index in [1.807, 2.05) is 19.1 Å². The summed E-state index contributed by atoms with van der Waals surface area (Å²) in [6, 6.07) is 4.76. The van der Waals surface area contributed by atoms with Crippen molar-refractivity contribution in [2.45, 2.75) is 43.6 Å². The molecule has 0 bridgehead atoms. The van der Waals surface area contributed by atoms with E-state index in [2.05, 4.69) is 20.6 Å².